The SMILES string of the molecule is CCC(P)OC1CCCCC1. The fourth-order valence-corrected chi connectivity index (χ4v) is 1.77. The first kappa shape index (κ1) is 9.48. The molecule has 0 aromatic heterocycles. The van der Waals surface area contributed by atoms with Crippen LogP contribution in [0.2, 0.25) is 0 Å². The Morgan fingerprint density at radius 2 is 2.00 bits per heavy atom. The molecule has 2 unspecified atom stereocenters. The van der Waals surface area contributed by atoms with Crippen LogP contribution in [-0.2, 0) is 4.74 Å². The van der Waals surface area contributed by atoms with Crippen LogP contribution in [0.5, 0.6) is 0 Å². The summed E-state index contributed by atoms with van der Waals surface area (Å²) < 4.78 is 5.80. The van der Waals surface area contributed by atoms with Crippen LogP contribution in [0.4, 0.5) is 0 Å². The van der Waals surface area contributed by atoms with E-state index in [1.807, 2.05) is 0 Å². The molecule has 1 aliphatic carbocycles. The summed E-state index contributed by atoms with van der Waals surface area (Å²) in [6.07, 6.45) is 8.38. The van der Waals surface area contributed by atoms with Gasteiger partial charge < -0.3 is 4.74 Å². The van der Waals surface area contributed by atoms with Crippen LogP contribution in [0, 0.1) is 0 Å². The van der Waals surface area contributed by atoms with Crippen molar-refractivity contribution in [2.24, 2.45) is 0 Å². The highest BCUT2D eigenvalue weighted by molar-refractivity contribution is 7.17. The van der Waals surface area contributed by atoms with Gasteiger partial charge in [-0.1, -0.05) is 26.2 Å². The molecule has 0 aliphatic heterocycles. The first-order valence-electron chi connectivity index (χ1n) is 4.74. The maximum absolute atomic E-state index is 5.80. The van der Waals surface area contributed by atoms with Gasteiger partial charge in [0.25, 0.3) is 0 Å². The Morgan fingerprint density at radius 3 is 2.55 bits per heavy atom. The van der Waals surface area contributed by atoms with Crippen molar-refractivity contribution in [1.82, 2.24) is 0 Å². The lowest BCUT2D eigenvalue weighted by Crippen LogP contribution is -2.20. The van der Waals surface area contributed by atoms with E-state index in [0.717, 1.165) is 6.42 Å². The molecule has 0 bridgehead atoms. The van der Waals surface area contributed by atoms with E-state index in [-0.39, 0.29) is 0 Å². The lowest BCUT2D eigenvalue weighted by atomic mass is 9.98. The standard InChI is InChI=1S/C9H19OP/c1-2-9(11)10-8-6-4-3-5-7-8/h8-9H,2-7,11H2,1H3. The molecule has 0 heterocycles. The highest BCUT2D eigenvalue weighted by atomic mass is 31.0. The van der Waals surface area contributed by atoms with E-state index >= 15 is 0 Å². The second kappa shape index (κ2) is 5.11. The molecule has 66 valence electrons. The summed E-state index contributed by atoms with van der Waals surface area (Å²) in [6, 6.07) is 0. The molecule has 0 aromatic carbocycles. The van der Waals surface area contributed by atoms with Crippen molar-refractivity contribution in [3.8, 4) is 0 Å². The van der Waals surface area contributed by atoms with Gasteiger partial charge in [0.1, 0.15) is 0 Å². The molecule has 0 aromatic rings. The zero-order valence-electron chi connectivity index (χ0n) is 7.38. The molecule has 11 heavy (non-hydrogen) atoms. The molecule has 1 saturated carbocycles. The van der Waals surface area contributed by atoms with Crippen LogP contribution in [-0.4, -0.2) is 11.9 Å². The fourth-order valence-electron chi connectivity index (χ4n) is 1.54. The molecular formula is C9H19OP. The van der Waals surface area contributed by atoms with E-state index in [9.17, 15) is 0 Å². The van der Waals surface area contributed by atoms with Crippen LogP contribution in [0.15, 0.2) is 0 Å². The van der Waals surface area contributed by atoms with Crippen LogP contribution < -0.4 is 0 Å². The van der Waals surface area contributed by atoms with Gasteiger partial charge in [0, 0.05) is 0 Å². The van der Waals surface area contributed by atoms with E-state index in [0.29, 0.717) is 11.9 Å². The molecule has 0 saturated heterocycles. The first-order chi connectivity index (χ1) is 5.33. The van der Waals surface area contributed by atoms with Crippen molar-refractivity contribution < 1.29 is 4.74 Å². The Labute approximate surface area is 72.1 Å². The zero-order chi connectivity index (χ0) is 8.10. The Hall–Kier alpha value is 0.390. The minimum absolute atomic E-state index is 0.387. The summed E-state index contributed by atoms with van der Waals surface area (Å²) in [5, 5.41) is 0. The Bertz CT molecular complexity index is 99.7. The van der Waals surface area contributed by atoms with Crippen molar-refractivity contribution in [3.05, 3.63) is 0 Å². The van der Waals surface area contributed by atoms with Crippen molar-refractivity contribution in [2.45, 2.75) is 57.4 Å². The number of hydrogen-bond acceptors (Lipinski definition) is 1. The molecule has 1 nitrogen and oxygen atoms in total. The van der Waals surface area contributed by atoms with E-state index in [1.165, 1.54) is 32.1 Å². The number of ether oxygens (including phenoxy) is 1. The fraction of sp³-hybridized carbons (Fsp3) is 1.00. The number of rotatable bonds is 3. The molecular weight excluding hydrogens is 155 g/mol. The van der Waals surface area contributed by atoms with Gasteiger partial charge in [-0.05, 0) is 19.3 Å². The Balaban J connectivity index is 2.13. The summed E-state index contributed by atoms with van der Waals surface area (Å²) >= 11 is 0. The van der Waals surface area contributed by atoms with E-state index < -0.39 is 0 Å². The third kappa shape index (κ3) is 3.53. The summed E-state index contributed by atoms with van der Waals surface area (Å²) in [5.74, 6) is 0.387. The second-order valence-corrected chi connectivity index (χ2v) is 4.09. The Kier molecular flexibility index (Phi) is 4.40. The monoisotopic (exact) mass is 174 g/mol. The van der Waals surface area contributed by atoms with Crippen LogP contribution in [0.3, 0.4) is 0 Å². The third-order valence-corrected chi connectivity index (χ3v) is 2.95. The third-order valence-electron chi connectivity index (χ3n) is 2.32. The summed E-state index contributed by atoms with van der Waals surface area (Å²) in [5.41, 5.74) is 0. The van der Waals surface area contributed by atoms with Gasteiger partial charge >= 0.3 is 0 Å². The predicted molar refractivity (Wildman–Crippen MR) is 51.7 cm³/mol. The normalized spacial score (nSPS) is 23.5. The molecule has 2 heteroatoms. The van der Waals surface area contributed by atoms with Crippen molar-refractivity contribution >= 4 is 9.24 Å². The van der Waals surface area contributed by atoms with Crippen molar-refractivity contribution in [1.29, 1.82) is 0 Å². The lowest BCUT2D eigenvalue weighted by molar-refractivity contribution is 0.0106. The van der Waals surface area contributed by atoms with Gasteiger partial charge in [-0.3, -0.25) is 0 Å². The average molecular weight is 174 g/mol. The average Bonchev–Trinajstić information content (AvgIpc) is 2.06. The molecule has 2 atom stereocenters. The van der Waals surface area contributed by atoms with Gasteiger partial charge in [-0.25, -0.2) is 0 Å². The zero-order valence-corrected chi connectivity index (χ0v) is 8.54. The van der Waals surface area contributed by atoms with Crippen molar-refractivity contribution in [3.63, 3.8) is 0 Å². The smallest absolute Gasteiger partial charge is 0.0709 e. The molecule has 0 N–H and O–H groups in total. The highest BCUT2D eigenvalue weighted by Crippen LogP contribution is 2.23. The summed E-state index contributed by atoms with van der Waals surface area (Å²) in [7, 11) is 2.76. The summed E-state index contributed by atoms with van der Waals surface area (Å²) in [4.78, 5) is 0. The largest absolute Gasteiger partial charge is 0.371 e. The number of hydrogen-bond donors (Lipinski definition) is 0. The van der Waals surface area contributed by atoms with E-state index in [1.54, 1.807) is 0 Å². The molecule has 0 radical (unpaired) electrons. The van der Waals surface area contributed by atoms with Gasteiger partial charge in [0.15, 0.2) is 0 Å². The molecule has 1 aliphatic rings. The molecule has 1 fully saturated rings. The quantitative estimate of drug-likeness (QED) is 0.598. The predicted octanol–water partition coefficient (Wildman–Crippen LogP) is 2.95. The van der Waals surface area contributed by atoms with Gasteiger partial charge in [-0.15, -0.1) is 9.24 Å². The topological polar surface area (TPSA) is 9.23 Å². The maximum atomic E-state index is 5.80. The van der Waals surface area contributed by atoms with E-state index in [4.69, 9.17) is 4.74 Å². The minimum atomic E-state index is 0.387. The molecule has 1 rings (SSSR count). The van der Waals surface area contributed by atoms with Gasteiger partial charge in [0.05, 0.1) is 11.9 Å². The van der Waals surface area contributed by atoms with Crippen LogP contribution in [0.1, 0.15) is 45.4 Å². The van der Waals surface area contributed by atoms with Crippen LogP contribution >= 0.6 is 9.24 Å². The minimum Gasteiger partial charge on any atom is -0.371 e. The van der Waals surface area contributed by atoms with Crippen LogP contribution in [0.25, 0.3) is 0 Å². The Morgan fingerprint density at radius 1 is 1.36 bits per heavy atom. The molecule has 0 amide bonds. The highest BCUT2D eigenvalue weighted by Gasteiger charge is 2.15. The molecule has 0 spiro atoms. The second-order valence-electron chi connectivity index (χ2n) is 3.34. The summed E-state index contributed by atoms with van der Waals surface area (Å²) in [6.45, 7) is 2.17. The van der Waals surface area contributed by atoms with Crippen molar-refractivity contribution in [2.75, 3.05) is 0 Å². The van der Waals surface area contributed by atoms with Gasteiger partial charge in [-0.2, -0.15) is 0 Å². The first-order valence-corrected chi connectivity index (χ1v) is 5.40. The van der Waals surface area contributed by atoms with E-state index in [2.05, 4.69) is 16.2 Å². The van der Waals surface area contributed by atoms with Gasteiger partial charge in [0.2, 0.25) is 0 Å². The lowest BCUT2D eigenvalue weighted by Gasteiger charge is -2.24. The maximum Gasteiger partial charge on any atom is 0.0709 e.